The molecular weight excluding hydrogens is 382 g/mol. The molecule has 0 amide bonds. The molecule has 2 rings (SSSR count). The van der Waals surface area contributed by atoms with Crippen molar-refractivity contribution in [1.82, 2.24) is 0 Å². The lowest BCUT2D eigenvalue weighted by atomic mass is 10.1. The SMILES string of the molecule is CCc1cc(Br)ccc1NCCOc1cccc(Br)c1. The number of rotatable bonds is 6. The van der Waals surface area contributed by atoms with Crippen molar-refractivity contribution >= 4 is 37.5 Å². The van der Waals surface area contributed by atoms with Crippen molar-refractivity contribution in [2.24, 2.45) is 0 Å². The average Bonchev–Trinajstić information content (AvgIpc) is 2.45. The topological polar surface area (TPSA) is 21.3 Å². The molecule has 0 aromatic heterocycles. The molecule has 2 aromatic rings. The Bertz CT molecular complexity index is 572. The van der Waals surface area contributed by atoms with Crippen LogP contribution in [0.5, 0.6) is 5.75 Å². The maximum atomic E-state index is 5.70. The zero-order chi connectivity index (χ0) is 14.4. The number of nitrogens with one attached hydrogen (secondary N) is 1. The molecule has 2 nitrogen and oxygen atoms in total. The van der Waals surface area contributed by atoms with Crippen LogP contribution in [0.4, 0.5) is 5.69 Å². The molecule has 0 atom stereocenters. The van der Waals surface area contributed by atoms with Gasteiger partial charge in [0, 0.05) is 21.2 Å². The highest BCUT2D eigenvalue weighted by atomic mass is 79.9. The van der Waals surface area contributed by atoms with Gasteiger partial charge in [-0.05, 0) is 48.4 Å². The molecule has 0 fully saturated rings. The molecule has 0 bridgehead atoms. The van der Waals surface area contributed by atoms with E-state index < -0.39 is 0 Å². The molecule has 0 unspecified atom stereocenters. The first-order chi connectivity index (χ1) is 9.69. The molecule has 0 aliphatic carbocycles. The minimum absolute atomic E-state index is 0.635. The largest absolute Gasteiger partial charge is 0.492 e. The van der Waals surface area contributed by atoms with Gasteiger partial charge >= 0.3 is 0 Å². The van der Waals surface area contributed by atoms with Crippen LogP contribution in [0, 0.1) is 0 Å². The summed E-state index contributed by atoms with van der Waals surface area (Å²) >= 11 is 6.93. The van der Waals surface area contributed by atoms with Gasteiger partial charge in [-0.15, -0.1) is 0 Å². The van der Waals surface area contributed by atoms with Crippen LogP contribution in [0.2, 0.25) is 0 Å². The van der Waals surface area contributed by atoms with Gasteiger partial charge in [-0.3, -0.25) is 0 Å². The Labute approximate surface area is 136 Å². The van der Waals surface area contributed by atoms with E-state index in [4.69, 9.17) is 4.74 Å². The number of hydrogen-bond acceptors (Lipinski definition) is 2. The minimum atomic E-state index is 0.635. The molecular formula is C16H17Br2NO. The van der Waals surface area contributed by atoms with Crippen molar-refractivity contribution < 1.29 is 4.74 Å². The molecule has 1 N–H and O–H groups in total. The lowest BCUT2D eigenvalue weighted by molar-refractivity contribution is 0.332. The van der Waals surface area contributed by atoms with E-state index >= 15 is 0 Å². The standard InChI is InChI=1S/C16H17Br2NO/c1-2-12-10-14(18)6-7-16(12)19-8-9-20-15-5-3-4-13(17)11-15/h3-7,10-11,19H,2,8-9H2,1H3. The third kappa shape index (κ3) is 4.53. The number of anilines is 1. The number of benzene rings is 2. The molecule has 0 aliphatic heterocycles. The summed E-state index contributed by atoms with van der Waals surface area (Å²) in [5, 5.41) is 3.42. The molecule has 0 saturated heterocycles. The van der Waals surface area contributed by atoms with Gasteiger partial charge < -0.3 is 10.1 Å². The average molecular weight is 399 g/mol. The van der Waals surface area contributed by atoms with Crippen molar-refractivity contribution in [3.63, 3.8) is 0 Å². The normalized spacial score (nSPS) is 10.3. The highest BCUT2D eigenvalue weighted by Crippen LogP contribution is 2.21. The Morgan fingerprint density at radius 3 is 2.60 bits per heavy atom. The first-order valence-corrected chi connectivity index (χ1v) is 8.18. The summed E-state index contributed by atoms with van der Waals surface area (Å²) < 4.78 is 7.85. The molecule has 0 aliphatic rings. The first-order valence-electron chi connectivity index (χ1n) is 6.59. The van der Waals surface area contributed by atoms with Gasteiger partial charge in [0.05, 0.1) is 0 Å². The van der Waals surface area contributed by atoms with Crippen LogP contribution < -0.4 is 10.1 Å². The maximum Gasteiger partial charge on any atom is 0.120 e. The van der Waals surface area contributed by atoms with Crippen LogP contribution in [0.15, 0.2) is 51.4 Å². The zero-order valence-electron chi connectivity index (χ0n) is 11.3. The molecule has 20 heavy (non-hydrogen) atoms. The highest BCUT2D eigenvalue weighted by molar-refractivity contribution is 9.10. The molecule has 2 aromatic carbocycles. The summed E-state index contributed by atoms with van der Waals surface area (Å²) in [5.41, 5.74) is 2.48. The number of aryl methyl sites for hydroxylation is 1. The van der Waals surface area contributed by atoms with Gasteiger partial charge in [0.1, 0.15) is 12.4 Å². The van der Waals surface area contributed by atoms with Crippen LogP contribution in [0.3, 0.4) is 0 Å². The summed E-state index contributed by atoms with van der Waals surface area (Å²) in [6.07, 6.45) is 1.01. The van der Waals surface area contributed by atoms with Crippen LogP contribution in [0.1, 0.15) is 12.5 Å². The minimum Gasteiger partial charge on any atom is -0.492 e. The Balaban J connectivity index is 1.84. The van der Waals surface area contributed by atoms with E-state index in [9.17, 15) is 0 Å². The smallest absolute Gasteiger partial charge is 0.120 e. The lowest BCUT2D eigenvalue weighted by Gasteiger charge is -2.12. The van der Waals surface area contributed by atoms with Gasteiger partial charge in [0.25, 0.3) is 0 Å². The second-order valence-corrected chi connectivity index (χ2v) is 6.22. The fourth-order valence-electron chi connectivity index (χ4n) is 1.94. The van der Waals surface area contributed by atoms with Crippen LogP contribution in [-0.2, 0) is 6.42 Å². The predicted molar refractivity (Wildman–Crippen MR) is 91.6 cm³/mol. The van der Waals surface area contributed by atoms with Crippen LogP contribution in [0.25, 0.3) is 0 Å². The van der Waals surface area contributed by atoms with E-state index in [2.05, 4.69) is 62.3 Å². The Morgan fingerprint density at radius 2 is 1.85 bits per heavy atom. The summed E-state index contributed by atoms with van der Waals surface area (Å²) in [4.78, 5) is 0. The second-order valence-electron chi connectivity index (χ2n) is 4.39. The van der Waals surface area contributed by atoms with Crippen LogP contribution in [-0.4, -0.2) is 13.2 Å². The Kier molecular flexibility index (Phi) is 5.92. The Morgan fingerprint density at radius 1 is 1.05 bits per heavy atom. The molecule has 0 spiro atoms. The molecule has 106 valence electrons. The quantitative estimate of drug-likeness (QED) is 0.669. The summed E-state index contributed by atoms with van der Waals surface area (Å²) in [5.74, 6) is 0.882. The number of ether oxygens (including phenoxy) is 1. The fraction of sp³-hybridized carbons (Fsp3) is 0.250. The van der Waals surface area contributed by atoms with Crippen molar-refractivity contribution in [3.8, 4) is 5.75 Å². The summed E-state index contributed by atoms with van der Waals surface area (Å²) in [7, 11) is 0. The van der Waals surface area contributed by atoms with Gasteiger partial charge in [-0.25, -0.2) is 0 Å². The molecule has 0 saturated carbocycles. The molecule has 0 radical (unpaired) electrons. The predicted octanol–water partition coefficient (Wildman–Crippen LogP) is 5.26. The molecule has 4 heteroatoms. The highest BCUT2D eigenvalue weighted by Gasteiger charge is 2.01. The van der Waals surface area contributed by atoms with E-state index in [1.165, 1.54) is 11.3 Å². The maximum absolute atomic E-state index is 5.70. The monoisotopic (exact) mass is 397 g/mol. The Hall–Kier alpha value is -1.000. The number of halogens is 2. The van der Waals surface area contributed by atoms with E-state index in [0.717, 1.165) is 27.7 Å². The van der Waals surface area contributed by atoms with E-state index in [1.54, 1.807) is 0 Å². The van der Waals surface area contributed by atoms with Gasteiger partial charge in [-0.1, -0.05) is 44.8 Å². The van der Waals surface area contributed by atoms with Gasteiger partial charge in [0.15, 0.2) is 0 Å². The van der Waals surface area contributed by atoms with Crippen molar-refractivity contribution in [1.29, 1.82) is 0 Å². The lowest BCUT2D eigenvalue weighted by Crippen LogP contribution is -2.12. The van der Waals surface area contributed by atoms with Gasteiger partial charge in [-0.2, -0.15) is 0 Å². The van der Waals surface area contributed by atoms with E-state index in [0.29, 0.717) is 6.61 Å². The van der Waals surface area contributed by atoms with Crippen LogP contribution >= 0.6 is 31.9 Å². The van der Waals surface area contributed by atoms with E-state index in [1.807, 2.05) is 24.3 Å². The number of hydrogen-bond donors (Lipinski definition) is 1. The van der Waals surface area contributed by atoms with Crippen molar-refractivity contribution in [3.05, 3.63) is 57.0 Å². The summed E-state index contributed by atoms with van der Waals surface area (Å²) in [6.45, 7) is 3.57. The van der Waals surface area contributed by atoms with Gasteiger partial charge in [0.2, 0.25) is 0 Å². The second kappa shape index (κ2) is 7.70. The van der Waals surface area contributed by atoms with E-state index in [-0.39, 0.29) is 0 Å². The summed E-state index contributed by atoms with van der Waals surface area (Å²) in [6, 6.07) is 14.2. The van der Waals surface area contributed by atoms with Crippen molar-refractivity contribution in [2.75, 3.05) is 18.5 Å². The fourth-order valence-corrected chi connectivity index (χ4v) is 2.73. The zero-order valence-corrected chi connectivity index (χ0v) is 14.5. The first kappa shape index (κ1) is 15.4. The third-order valence-corrected chi connectivity index (χ3v) is 3.92. The molecule has 0 heterocycles. The third-order valence-electron chi connectivity index (χ3n) is 2.93. The van der Waals surface area contributed by atoms with Crippen molar-refractivity contribution in [2.45, 2.75) is 13.3 Å².